The number of aliphatic hydroxyl groups excluding tert-OH is 1. The first-order valence-corrected chi connectivity index (χ1v) is 5.01. The topological polar surface area (TPSA) is 58.6 Å². The lowest BCUT2D eigenvalue weighted by Crippen LogP contribution is -2.53. The Morgan fingerprint density at radius 3 is 2.29 bits per heavy atom. The molecule has 1 amide bonds. The number of methoxy groups -OCH3 is 1. The Morgan fingerprint density at radius 1 is 1.50 bits per heavy atom. The first-order valence-electron chi connectivity index (χ1n) is 5.01. The van der Waals surface area contributed by atoms with Crippen molar-refractivity contribution in [3.63, 3.8) is 0 Å². The Morgan fingerprint density at radius 2 is 2.00 bits per heavy atom. The first kappa shape index (κ1) is 13.4. The van der Waals surface area contributed by atoms with Gasteiger partial charge in [-0.3, -0.25) is 4.79 Å². The van der Waals surface area contributed by atoms with Crippen molar-refractivity contribution in [2.24, 2.45) is 0 Å². The summed E-state index contributed by atoms with van der Waals surface area (Å²) in [6.45, 7) is 5.53. The van der Waals surface area contributed by atoms with Crippen LogP contribution in [-0.4, -0.2) is 36.4 Å². The summed E-state index contributed by atoms with van der Waals surface area (Å²) < 4.78 is 4.90. The molecule has 0 heterocycles. The minimum Gasteiger partial charge on any atom is -0.394 e. The Balaban J connectivity index is 4.37. The fourth-order valence-electron chi connectivity index (χ4n) is 1.16. The molecule has 0 radical (unpaired) electrons. The van der Waals surface area contributed by atoms with Crippen LogP contribution in [0.4, 0.5) is 0 Å². The molecule has 0 aliphatic heterocycles. The van der Waals surface area contributed by atoms with Crippen molar-refractivity contribution in [2.75, 3.05) is 13.7 Å². The molecule has 14 heavy (non-hydrogen) atoms. The van der Waals surface area contributed by atoms with Crippen LogP contribution < -0.4 is 5.32 Å². The zero-order valence-corrected chi connectivity index (χ0v) is 9.46. The van der Waals surface area contributed by atoms with Crippen LogP contribution in [0.2, 0.25) is 0 Å². The van der Waals surface area contributed by atoms with Gasteiger partial charge in [0.2, 0.25) is 5.91 Å². The monoisotopic (exact) mass is 203 g/mol. The second kappa shape index (κ2) is 5.98. The Hall–Kier alpha value is -0.610. The predicted molar refractivity (Wildman–Crippen MR) is 55.0 cm³/mol. The Labute approximate surface area is 85.6 Å². The molecule has 1 unspecified atom stereocenters. The molecule has 0 spiro atoms. The zero-order chi connectivity index (χ0) is 11.2. The summed E-state index contributed by atoms with van der Waals surface area (Å²) in [6, 6.07) is 0. The van der Waals surface area contributed by atoms with Crippen molar-refractivity contribution in [1.29, 1.82) is 0 Å². The predicted octanol–water partition coefficient (Wildman–Crippen LogP) is 0.689. The molecule has 0 aromatic carbocycles. The van der Waals surface area contributed by atoms with E-state index < -0.39 is 11.6 Å². The van der Waals surface area contributed by atoms with E-state index in [9.17, 15) is 9.90 Å². The maximum absolute atomic E-state index is 11.5. The van der Waals surface area contributed by atoms with E-state index >= 15 is 0 Å². The standard InChI is InChI=1S/C10H21NO3/c1-5-10(6-2,7-12)11-9(13)8(3)14-4/h8,12H,5-7H2,1-4H3,(H,11,13). The summed E-state index contributed by atoms with van der Waals surface area (Å²) in [6.07, 6.45) is 0.948. The number of amides is 1. The van der Waals surface area contributed by atoms with E-state index in [1.54, 1.807) is 6.92 Å². The number of carbonyl (C=O) groups is 1. The first-order chi connectivity index (χ1) is 6.55. The van der Waals surface area contributed by atoms with Crippen LogP contribution in [-0.2, 0) is 9.53 Å². The highest BCUT2D eigenvalue weighted by molar-refractivity contribution is 5.81. The number of carbonyl (C=O) groups excluding carboxylic acids is 1. The van der Waals surface area contributed by atoms with E-state index in [0.717, 1.165) is 0 Å². The normalized spacial score (nSPS) is 13.8. The number of hydrogen-bond donors (Lipinski definition) is 2. The van der Waals surface area contributed by atoms with Crippen LogP contribution in [0.15, 0.2) is 0 Å². The lowest BCUT2D eigenvalue weighted by Gasteiger charge is -2.31. The molecule has 0 aromatic rings. The van der Waals surface area contributed by atoms with Crippen molar-refractivity contribution in [1.82, 2.24) is 5.32 Å². The van der Waals surface area contributed by atoms with Gasteiger partial charge >= 0.3 is 0 Å². The Kier molecular flexibility index (Phi) is 5.72. The molecule has 0 aliphatic carbocycles. The number of aliphatic hydroxyl groups is 1. The average Bonchev–Trinajstić information content (AvgIpc) is 2.24. The van der Waals surface area contributed by atoms with Gasteiger partial charge in [-0.1, -0.05) is 13.8 Å². The van der Waals surface area contributed by atoms with Gasteiger partial charge in [0.1, 0.15) is 6.10 Å². The summed E-state index contributed by atoms with van der Waals surface area (Å²) in [5.41, 5.74) is -0.496. The number of hydrogen-bond acceptors (Lipinski definition) is 3. The largest absolute Gasteiger partial charge is 0.394 e. The average molecular weight is 203 g/mol. The van der Waals surface area contributed by atoms with E-state index in [4.69, 9.17) is 4.74 Å². The molecule has 1 atom stereocenters. The van der Waals surface area contributed by atoms with E-state index in [-0.39, 0.29) is 12.5 Å². The molecule has 4 heteroatoms. The maximum Gasteiger partial charge on any atom is 0.249 e. The third-order valence-electron chi connectivity index (χ3n) is 2.77. The summed E-state index contributed by atoms with van der Waals surface area (Å²) in [5.74, 6) is -0.176. The summed E-state index contributed by atoms with van der Waals surface area (Å²) in [7, 11) is 1.49. The van der Waals surface area contributed by atoms with E-state index in [1.165, 1.54) is 7.11 Å². The van der Waals surface area contributed by atoms with Gasteiger partial charge in [-0.2, -0.15) is 0 Å². The zero-order valence-electron chi connectivity index (χ0n) is 9.46. The SMILES string of the molecule is CCC(CC)(CO)NC(=O)C(C)OC. The smallest absolute Gasteiger partial charge is 0.249 e. The molecule has 84 valence electrons. The van der Waals surface area contributed by atoms with Crippen LogP contribution >= 0.6 is 0 Å². The number of rotatable bonds is 6. The maximum atomic E-state index is 11.5. The van der Waals surface area contributed by atoms with E-state index in [0.29, 0.717) is 12.8 Å². The van der Waals surface area contributed by atoms with E-state index in [1.807, 2.05) is 13.8 Å². The minimum absolute atomic E-state index is 0.0395. The van der Waals surface area contributed by atoms with Gasteiger partial charge in [-0.25, -0.2) is 0 Å². The second-order valence-corrected chi connectivity index (χ2v) is 3.51. The van der Waals surface area contributed by atoms with Gasteiger partial charge in [0.05, 0.1) is 12.1 Å². The quantitative estimate of drug-likeness (QED) is 0.667. The molecule has 2 N–H and O–H groups in total. The van der Waals surface area contributed by atoms with Gasteiger partial charge in [0.15, 0.2) is 0 Å². The molecule has 0 bridgehead atoms. The molecule has 0 rings (SSSR count). The van der Waals surface area contributed by atoms with Crippen LogP contribution in [0.3, 0.4) is 0 Å². The van der Waals surface area contributed by atoms with Crippen molar-refractivity contribution in [2.45, 2.75) is 45.3 Å². The summed E-state index contributed by atoms with van der Waals surface area (Å²) in [5, 5.41) is 12.0. The third-order valence-corrected chi connectivity index (χ3v) is 2.77. The highest BCUT2D eigenvalue weighted by atomic mass is 16.5. The van der Waals surface area contributed by atoms with Crippen LogP contribution in [0.5, 0.6) is 0 Å². The Bertz CT molecular complexity index is 170. The van der Waals surface area contributed by atoms with Gasteiger partial charge in [0.25, 0.3) is 0 Å². The molecule has 0 aliphatic rings. The van der Waals surface area contributed by atoms with Crippen LogP contribution in [0.25, 0.3) is 0 Å². The lowest BCUT2D eigenvalue weighted by atomic mass is 9.93. The van der Waals surface area contributed by atoms with Gasteiger partial charge < -0.3 is 15.2 Å². The highest BCUT2D eigenvalue weighted by Gasteiger charge is 2.28. The highest BCUT2D eigenvalue weighted by Crippen LogP contribution is 2.14. The van der Waals surface area contributed by atoms with Gasteiger partial charge in [0, 0.05) is 7.11 Å². The summed E-state index contributed by atoms with van der Waals surface area (Å²) >= 11 is 0. The fourth-order valence-corrected chi connectivity index (χ4v) is 1.16. The molecule has 0 saturated carbocycles. The number of nitrogens with one attached hydrogen (secondary N) is 1. The van der Waals surface area contributed by atoms with Gasteiger partial charge in [-0.05, 0) is 19.8 Å². The van der Waals surface area contributed by atoms with E-state index in [2.05, 4.69) is 5.32 Å². The molecular weight excluding hydrogens is 182 g/mol. The van der Waals surface area contributed by atoms with Crippen molar-refractivity contribution < 1.29 is 14.6 Å². The van der Waals surface area contributed by atoms with Crippen molar-refractivity contribution >= 4 is 5.91 Å². The van der Waals surface area contributed by atoms with Gasteiger partial charge in [-0.15, -0.1) is 0 Å². The minimum atomic E-state index is -0.496. The molecule has 0 aromatic heterocycles. The fraction of sp³-hybridized carbons (Fsp3) is 0.900. The lowest BCUT2D eigenvalue weighted by molar-refractivity contribution is -0.132. The molecule has 4 nitrogen and oxygen atoms in total. The van der Waals surface area contributed by atoms with Crippen LogP contribution in [0, 0.1) is 0 Å². The van der Waals surface area contributed by atoms with Crippen molar-refractivity contribution in [3.8, 4) is 0 Å². The molecule has 0 saturated heterocycles. The molecule has 0 fully saturated rings. The third kappa shape index (κ3) is 3.27. The summed E-state index contributed by atoms with van der Waals surface area (Å²) in [4.78, 5) is 11.5. The van der Waals surface area contributed by atoms with Crippen LogP contribution in [0.1, 0.15) is 33.6 Å². The molecular formula is C10H21NO3. The van der Waals surface area contributed by atoms with Crippen molar-refractivity contribution in [3.05, 3.63) is 0 Å². The number of ether oxygens (including phenoxy) is 1. The second-order valence-electron chi connectivity index (χ2n) is 3.51.